The molecule has 4 rings (SSSR count). The lowest BCUT2D eigenvalue weighted by Crippen LogP contribution is -2.71. The zero-order valence-corrected chi connectivity index (χ0v) is 19.8. The molecule has 0 saturated heterocycles. The molecule has 30 heavy (non-hydrogen) atoms. The summed E-state index contributed by atoms with van der Waals surface area (Å²) >= 11 is 0. The van der Waals surface area contributed by atoms with Crippen LogP contribution < -0.4 is 0 Å². The van der Waals surface area contributed by atoms with Gasteiger partial charge in [-0.15, -0.1) is 0 Å². The van der Waals surface area contributed by atoms with Crippen LogP contribution in [0.4, 0.5) is 0 Å². The van der Waals surface area contributed by atoms with Gasteiger partial charge in [-0.25, -0.2) is 0 Å². The van der Waals surface area contributed by atoms with Gasteiger partial charge in [-0.05, 0) is 38.5 Å². The van der Waals surface area contributed by atoms with Crippen molar-refractivity contribution in [1.29, 1.82) is 0 Å². The fourth-order valence-electron chi connectivity index (χ4n) is 7.61. The summed E-state index contributed by atoms with van der Waals surface area (Å²) in [4.78, 5) is 59.0. The average molecular weight is 420 g/mol. The van der Waals surface area contributed by atoms with E-state index in [1.165, 1.54) is 0 Å². The van der Waals surface area contributed by atoms with E-state index in [1.807, 2.05) is 13.8 Å². The maximum Gasteiger partial charge on any atom is 0.228 e. The minimum absolute atomic E-state index is 0.0607. The molecule has 4 aliphatic rings. The van der Waals surface area contributed by atoms with Crippen LogP contribution >= 0.6 is 0 Å². The Hall–Kier alpha value is -1.92. The van der Waals surface area contributed by atoms with E-state index in [0.717, 1.165) is 0 Å². The lowest BCUT2D eigenvalue weighted by atomic mass is 9.33. The molecule has 0 aromatic rings. The first-order valence-electron chi connectivity index (χ1n) is 10.9. The molecule has 0 atom stereocenters. The molecular formula is C23H37N3O4. The Morgan fingerprint density at radius 3 is 0.967 bits per heavy atom. The first-order valence-corrected chi connectivity index (χ1v) is 10.9. The summed E-state index contributed by atoms with van der Waals surface area (Å²) in [5, 5.41) is 0. The molecule has 0 aromatic heterocycles. The van der Waals surface area contributed by atoms with Crippen molar-refractivity contribution < 1.29 is 19.2 Å². The van der Waals surface area contributed by atoms with Gasteiger partial charge in [0.15, 0.2) is 0 Å². The predicted molar refractivity (Wildman–Crippen MR) is 113 cm³/mol. The highest BCUT2D eigenvalue weighted by atomic mass is 16.2. The SMILES string of the molecule is CC(C)C(=O)C12CC3(C(=O)N(C)C)CC(C(=O)N(C)C)(C1)CC(C(=O)N(C)C)(C2)C3. The minimum atomic E-state index is -0.861. The van der Waals surface area contributed by atoms with Gasteiger partial charge in [0, 0.05) is 53.6 Å². The molecule has 0 radical (unpaired) electrons. The van der Waals surface area contributed by atoms with E-state index in [2.05, 4.69) is 0 Å². The van der Waals surface area contributed by atoms with Crippen LogP contribution in [-0.2, 0) is 19.2 Å². The molecule has 7 nitrogen and oxygen atoms in total. The van der Waals surface area contributed by atoms with Gasteiger partial charge in [0.1, 0.15) is 5.78 Å². The monoisotopic (exact) mass is 419 g/mol. The Bertz CT molecular complexity index is 631. The minimum Gasteiger partial charge on any atom is -0.348 e. The normalized spacial score (nSPS) is 36.6. The number of ketones is 1. The molecule has 0 heterocycles. The summed E-state index contributed by atoms with van der Waals surface area (Å²) in [6.07, 6.45) is 2.59. The molecule has 4 bridgehead atoms. The van der Waals surface area contributed by atoms with E-state index >= 15 is 0 Å². The molecule has 0 aliphatic heterocycles. The lowest BCUT2D eigenvalue weighted by molar-refractivity contribution is -0.216. The molecule has 0 spiro atoms. The summed E-state index contributed by atoms with van der Waals surface area (Å²) in [7, 11) is 10.3. The van der Waals surface area contributed by atoms with E-state index in [1.54, 1.807) is 57.0 Å². The topological polar surface area (TPSA) is 78.0 Å². The number of Topliss-reactive ketones (excluding diaryl/α,β-unsaturated/α-hetero) is 1. The molecule has 0 unspecified atom stereocenters. The molecule has 4 fully saturated rings. The second kappa shape index (κ2) is 6.79. The Morgan fingerprint density at radius 2 is 0.767 bits per heavy atom. The van der Waals surface area contributed by atoms with Crippen LogP contribution in [0.25, 0.3) is 0 Å². The second-order valence-electron chi connectivity index (χ2n) is 11.3. The second-order valence-corrected chi connectivity index (χ2v) is 11.3. The van der Waals surface area contributed by atoms with Crippen molar-refractivity contribution in [2.45, 2.75) is 52.4 Å². The van der Waals surface area contributed by atoms with Crippen molar-refractivity contribution in [3.8, 4) is 0 Å². The molecule has 0 aromatic carbocycles. The number of carbonyl (C=O) groups is 4. The Kier molecular flexibility index (Phi) is 5.15. The predicted octanol–water partition coefficient (Wildman–Crippen LogP) is 1.80. The van der Waals surface area contributed by atoms with E-state index in [9.17, 15) is 19.2 Å². The first kappa shape index (κ1) is 22.8. The average Bonchev–Trinajstić information content (AvgIpc) is 2.63. The van der Waals surface area contributed by atoms with Gasteiger partial charge >= 0.3 is 0 Å². The number of amides is 3. The number of carbonyl (C=O) groups excluding carboxylic acids is 4. The zero-order chi connectivity index (χ0) is 22.9. The highest BCUT2D eigenvalue weighted by Crippen LogP contribution is 2.75. The Balaban J connectivity index is 2.30. The molecule has 0 N–H and O–H groups in total. The summed E-state index contributed by atoms with van der Waals surface area (Å²) in [6.45, 7) is 3.75. The van der Waals surface area contributed by atoms with Crippen LogP contribution in [0.5, 0.6) is 0 Å². The van der Waals surface area contributed by atoms with Crippen molar-refractivity contribution in [1.82, 2.24) is 14.7 Å². The Labute approximate surface area is 180 Å². The summed E-state index contributed by atoms with van der Waals surface area (Å²) in [6, 6.07) is 0. The fourth-order valence-corrected chi connectivity index (χ4v) is 7.61. The van der Waals surface area contributed by atoms with Gasteiger partial charge in [0.25, 0.3) is 0 Å². The van der Waals surface area contributed by atoms with E-state index in [4.69, 9.17) is 0 Å². The van der Waals surface area contributed by atoms with Gasteiger partial charge in [0.05, 0.1) is 16.2 Å². The largest absolute Gasteiger partial charge is 0.348 e. The van der Waals surface area contributed by atoms with E-state index < -0.39 is 21.7 Å². The van der Waals surface area contributed by atoms with E-state index in [-0.39, 0.29) is 29.4 Å². The van der Waals surface area contributed by atoms with Crippen LogP contribution in [-0.4, -0.2) is 80.5 Å². The van der Waals surface area contributed by atoms with Crippen molar-refractivity contribution in [3.05, 3.63) is 0 Å². The molecule has 3 amide bonds. The first-order chi connectivity index (χ1) is 13.7. The maximum absolute atomic E-state index is 13.6. The highest BCUT2D eigenvalue weighted by molar-refractivity contribution is 5.97. The van der Waals surface area contributed by atoms with Gasteiger partial charge in [-0.1, -0.05) is 13.8 Å². The van der Waals surface area contributed by atoms with Crippen LogP contribution in [0.1, 0.15) is 52.4 Å². The third-order valence-corrected chi connectivity index (χ3v) is 7.69. The van der Waals surface area contributed by atoms with Crippen LogP contribution in [0, 0.1) is 27.6 Å². The van der Waals surface area contributed by atoms with Crippen LogP contribution in [0.15, 0.2) is 0 Å². The van der Waals surface area contributed by atoms with Crippen molar-refractivity contribution in [3.63, 3.8) is 0 Å². The fraction of sp³-hybridized carbons (Fsp3) is 0.826. The number of nitrogens with zero attached hydrogens (tertiary/aromatic N) is 3. The quantitative estimate of drug-likeness (QED) is 0.681. The van der Waals surface area contributed by atoms with Gasteiger partial charge < -0.3 is 14.7 Å². The molecule has 4 saturated carbocycles. The summed E-state index contributed by atoms with van der Waals surface area (Å²) < 4.78 is 0. The molecule has 168 valence electrons. The summed E-state index contributed by atoms with van der Waals surface area (Å²) in [5.74, 6) is -0.312. The zero-order valence-electron chi connectivity index (χ0n) is 19.8. The van der Waals surface area contributed by atoms with Gasteiger partial charge in [-0.3, -0.25) is 19.2 Å². The number of hydrogen-bond donors (Lipinski definition) is 0. The van der Waals surface area contributed by atoms with Crippen molar-refractivity contribution in [2.24, 2.45) is 27.6 Å². The van der Waals surface area contributed by atoms with Gasteiger partial charge in [-0.2, -0.15) is 0 Å². The van der Waals surface area contributed by atoms with Crippen molar-refractivity contribution >= 4 is 23.5 Å². The van der Waals surface area contributed by atoms with Gasteiger partial charge in [0.2, 0.25) is 17.7 Å². The summed E-state index contributed by atoms with van der Waals surface area (Å²) in [5.41, 5.74) is -3.40. The third kappa shape index (κ3) is 2.99. The maximum atomic E-state index is 13.6. The standard InChI is InChI=1S/C23H37N3O4/c1-15(2)16(27)20-9-21(17(28)24(3)4)12-22(10-20,18(29)25(5)6)14-23(11-20,13-21)19(30)26(7)8/h15H,9-14H2,1-8H3. The molecule has 4 aliphatic carbocycles. The number of rotatable bonds is 5. The smallest absolute Gasteiger partial charge is 0.228 e. The van der Waals surface area contributed by atoms with Crippen LogP contribution in [0.2, 0.25) is 0 Å². The number of hydrogen-bond acceptors (Lipinski definition) is 4. The van der Waals surface area contributed by atoms with Crippen LogP contribution in [0.3, 0.4) is 0 Å². The third-order valence-electron chi connectivity index (χ3n) is 7.69. The highest BCUT2D eigenvalue weighted by Gasteiger charge is 2.75. The Morgan fingerprint density at radius 1 is 0.533 bits per heavy atom. The van der Waals surface area contributed by atoms with Crippen molar-refractivity contribution in [2.75, 3.05) is 42.3 Å². The lowest BCUT2D eigenvalue weighted by Gasteiger charge is -2.68. The molecular weight excluding hydrogens is 382 g/mol. The van der Waals surface area contributed by atoms with E-state index in [0.29, 0.717) is 38.5 Å². The molecule has 7 heteroatoms.